The lowest BCUT2D eigenvalue weighted by Crippen LogP contribution is -2.31. The summed E-state index contributed by atoms with van der Waals surface area (Å²) in [4.78, 5) is 16.1. The van der Waals surface area contributed by atoms with Crippen LogP contribution >= 0.6 is 0 Å². The topological polar surface area (TPSA) is 71.5 Å². The lowest BCUT2D eigenvalue weighted by atomic mass is 9.94. The summed E-state index contributed by atoms with van der Waals surface area (Å²) in [6.45, 7) is 0. The number of ether oxygens (including phenoxy) is 1. The van der Waals surface area contributed by atoms with Gasteiger partial charge >= 0.3 is 5.97 Å². The average Bonchev–Trinajstić information content (AvgIpc) is 2.93. The maximum Gasteiger partial charge on any atom is 0.339 e. The van der Waals surface area contributed by atoms with Gasteiger partial charge in [-0.05, 0) is 56.6 Å². The molecule has 5 heteroatoms. The number of aromatic nitrogens is 1. The van der Waals surface area contributed by atoms with Crippen molar-refractivity contribution < 1.29 is 14.6 Å². The summed E-state index contributed by atoms with van der Waals surface area (Å²) in [5.74, 6) is -0.401. The van der Waals surface area contributed by atoms with Gasteiger partial charge in [0.15, 0.2) is 0 Å². The molecule has 5 nitrogen and oxygen atoms in total. The number of carbonyl (C=O) groups is 1. The molecule has 2 aliphatic carbocycles. The quantitative estimate of drug-likeness (QED) is 0.892. The van der Waals surface area contributed by atoms with Crippen molar-refractivity contribution in [3.05, 3.63) is 22.9 Å². The molecule has 0 amide bonds. The van der Waals surface area contributed by atoms with Crippen molar-refractivity contribution >= 4 is 11.8 Å². The molecule has 0 spiro atoms. The Morgan fingerprint density at radius 3 is 2.90 bits per heavy atom. The predicted molar refractivity (Wildman–Crippen MR) is 79.9 cm³/mol. The van der Waals surface area contributed by atoms with Gasteiger partial charge < -0.3 is 15.2 Å². The SMILES string of the molecule is COC1CCCC1Nc1nc2c(cc1C(=O)O)CCCC2. The minimum absolute atomic E-state index is 0.143. The van der Waals surface area contributed by atoms with Gasteiger partial charge in [-0.15, -0.1) is 0 Å². The molecular weight excluding hydrogens is 268 g/mol. The summed E-state index contributed by atoms with van der Waals surface area (Å²) in [6, 6.07) is 1.96. The van der Waals surface area contributed by atoms with Crippen molar-refractivity contribution in [2.45, 2.75) is 57.1 Å². The first kappa shape index (κ1) is 14.3. The molecule has 2 unspecified atom stereocenters. The number of hydrogen-bond acceptors (Lipinski definition) is 4. The van der Waals surface area contributed by atoms with E-state index in [4.69, 9.17) is 4.74 Å². The van der Waals surface area contributed by atoms with E-state index in [0.717, 1.165) is 56.2 Å². The van der Waals surface area contributed by atoms with Crippen LogP contribution in [0.4, 0.5) is 5.82 Å². The number of fused-ring (bicyclic) bond motifs is 1. The van der Waals surface area contributed by atoms with Crippen molar-refractivity contribution in [1.29, 1.82) is 0 Å². The molecule has 1 fully saturated rings. The Kier molecular flexibility index (Phi) is 4.10. The third kappa shape index (κ3) is 2.88. The van der Waals surface area contributed by atoms with Crippen molar-refractivity contribution in [2.24, 2.45) is 0 Å². The van der Waals surface area contributed by atoms with Gasteiger partial charge in [-0.2, -0.15) is 0 Å². The summed E-state index contributed by atoms with van der Waals surface area (Å²) in [5, 5.41) is 12.8. The summed E-state index contributed by atoms with van der Waals surface area (Å²) in [5.41, 5.74) is 2.44. The first-order valence-electron chi connectivity index (χ1n) is 7.74. The highest BCUT2D eigenvalue weighted by atomic mass is 16.5. The van der Waals surface area contributed by atoms with Crippen LogP contribution in [0, 0.1) is 0 Å². The van der Waals surface area contributed by atoms with Crippen LogP contribution in [0.25, 0.3) is 0 Å². The average molecular weight is 290 g/mol. The van der Waals surface area contributed by atoms with Crippen molar-refractivity contribution in [1.82, 2.24) is 4.98 Å². The van der Waals surface area contributed by atoms with Gasteiger partial charge in [-0.3, -0.25) is 0 Å². The van der Waals surface area contributed by atoms with Gasteiger partial charge in [0.1, 0.15) is 11.4 Å². The molecule has 1 aromatic heterocycles. The number of aryl methyl sites for hydroxylation is 2. The highest BCUT2D eigenvalue weighted by molar-refractivity contribution is 5.93. The van der Waals surface area contributed by atoms with Gasteiger partial charge in [-0.1, -0.05) is 0 Å². The van der Waals surface area contributed by atoms with Gasteiger partial charge in [0, 0.05) is 12.8 Å². The molecule has 2 atom stereocenters. The van der Waals surface area contributed by atoms with Crippen LogP contribution in [-0.2, 0) is 17.6 Å². The number of carboxylic acids is 1. The molecule has 1 heterocycles. The molecule has 2 N–H and O–H groups in total. The lowest BCUT2D eigenvalue weighted by molar-refractivity contribution is 0.0696. The summed E-state index contributed by atoms with van der Waals surface area (Å²) in [7, 11) is 1.71. The maximum absolute atomic E-state index is 11.5. The molecular formula is C16H22N2O3. The summed E-state index contributed by atoms with van der Waals surface area (Å²) >= 11 is 0. The Hall–Kier alpha value is -1.62. The zero-order chi connectivity index (χ0) is 14.8. The highest BCUT2D eigenvalue weighted by Gasteiger charge is 2.29. The van der Waals surface area contributed by atoms with E-state index in [-0.39, 0.29) is 17.7 Å². The van der Waals surface area contributed by atoms with Crippen LogP contribution in [0.3, 0.4) is 0 Å². The number of anilines is 1. The summed E-state index contributed by atoms with van der Waals surface area (Å²) < 4.78 is 5.47. The molecule has 0 aliphatic heterocycles. The van der Waals surface area contributed by atoms with E-state index in [9.17, 15) is 9.90 Å². The number of aromatic carboxylic acids is 1. The van der Waals surface area contributed by atoms with Gasteiger partial charge in [-0.25, -0.2) is 9.78 Å². The fourth-order valence-electron chi connectivity index (χ4n) is 3.46. The Bertz CT molecular complexity index is 545. The van der Waals surface area contributed by atoms with Gasteiger partial charge in [0.2, 0.25) is 0 Å². The fourth-order valence-corrected chi connectivity index (χ4v) is 3.46. The van der Waals surface area contributed by atoms with E-state index >= 15 is 0 Å². The largest absolute Gasteiger partial charge is 0.478 e. The van der Waals surface area contributed by atoms with Gasteiger partial charge in [0.05, 0.1) is 12.1 Å². The molecule has 2 aliphatic rings. The third-order valence-corrected chi connectivity index (χ3v) is 4.61. The third-order valence-electron chi connectivity index (χ3n) is 4.61. The van der Waals surface area contributed by atoms with Crippen LogP contribution in [0.2, 0.25) is 0 Å². The number of nitrogens with one attached hydrogen (secondary N) is 1. The molecule has 0 aromatic carbocycles. The van der Waals surface area contributed by atoms with Crippen LogP contribution in [0.1, 0.15) is 53.7 Å². The smallest absolute Gasteiger partial charge is 0.339 e. The Morgan fingerprint density at radius 1 is 1.33 bits per heavy atom. The standard InChI is InChI=1S/C16H22N2O3/c1-21-14-8-4-7-13(14)18-15-11(16(19)20)9-10-5-2-3-6-12(10)17-15/h9,13-14H,2-8H2,1H3,(H,17,18)(H,19,20). The second-order valence-corrected chi connectivity index (χ2v) is 5.96. The summed E-state index contributed by atoms with van der Waals surface area (Å²) in [6.07, 6.45) is 7.39. The number of rotatable bonds is 4. The number of pyridine rings is 1. The van der Waals surface area contributed by atoms with Gasteiger partial charge in [0.25, 0.3) is 0 Å². The monoisotopic (exact) mass is 290 g/mol. The van der Waals surface area contributed by atoms with E-state index in [2.05, 4.69) is 10.3 Å². The number of nitrogens with zero attached hydrogens (tertiary/aromatic N) is 1. The molecule has 114 valence electrons. The zero-order valence-electron chi connectivity index (χ0n) is 12.4. The molecule has 21 heavy (non-hydrogen) atoms. The van der Waals surface area contributed by atoms with Crippen molar-refractivity contribution in [2.75, 3.05) is 12.4 Å². The Morgan fingerprint density at radius 2 is 2.14 bits per heavy atom. The van der Waals surface area contributed by atoms with Crippen LogP contribution in [0.15, 0.2) is 6.07 Å². The zero-order valence-corrected chi connectivity index (χ0v) is 12.4. The number of carboxylic acid groups (broad SMARTS) is 1. The molecule has 0 saturated heterocycles. The molecule has 1 aromatic rings. The molecule has 1 saturated carbocycles. The van der Waals surface area contributed by atoms with E-state index in [0.29, 0.717) is 5.82 Å². The first-order valence-corrected chi connectivity index (χ1v) is 7.74. The first-order chi connectivity index (χ1) is 10.2. The highest BCUT2D eigenvalue weighted by Crippen LogP contribution is 2.29. The molecule has 0 radical (unpaired) electrons. The fraction of sp³-hybridized carbons (Fsp3) is 0.625. The lowest BCUT2D eigenvalue weighted by Gasteiger charge is -2.23. The van der Waals surface area contributed by atoms with Crippen molar-refractivity contribution in [3.8, 4) is 0 Å². The van der Waals surface area contributed by atoms with Crippen LogP contribution in [0.5, 0.6) is 0 Å². The van der Waals surface area contributed by atoms with E-state index in [1.807, 2.05) is 6.07 Å². The van der Waals surface area contributed by atoms with Crippen LogP contribution in [-0.4, -0.2) is 35.3 Å². The van der Waals surface area contributed by atoms with E-state index in [1.165, 1.54) is 0 Å². The Balaban J connectivity index is 1.90. The van der Waals surface area contributed by atoms with Crippen molar-refractivity contribution in [3.63, 3.8) is 0 Å². The second-order valence-electron chi connectivity index (χ2n) is 5.96. The minimum atomic E-state index is -0.912. The van der Waals surface area contributed by atoms with E-state index in [1.54, 1.807) is 7.11 Å². The number of methoxy groups -OCH3 is 1. The Labute approximate surface area is 124 Å². The van der Waals surface area contributed by atoms with Crippen LogP contribution < -0.4 is 5.32 Å². The molecule has 3 rings (SSSR count). The normalized spacial score (nSPS) is 24.6. The second kappa shape index (κ2) is 6.02. The van der Waals surface area contributed by atoms with E-state index < -0.39 is 5.97 Å². The predicted octanol–water partition coefficient (Wildman–Crippen LogP) is 2.64. The number of hydrogen-bond donors (Lipinski definition) is 2. The minimum Gasteiger partial charge on any atom is -0.478 e. The molecule has 0 bridgehead atoms. The maximum atomic E-state index is 11.5.